The summed E-state index contributed by atoms with van der Waals surface area (Å²) in [5.41, 5.74) is -0.332. The fourth-order valence-electron chi connectivity index (χ4n) is 2.23. The van der Waals surface area contributed by atoms with E-state index in [9.17, 15) is 9.59 Å². The van der Waals surface area contributed by atoms with Gasteiger partial charge in [0.2, 0.25) is 5.91 Å². The van der Waals surface area contributed by atoms with Crippen LogP contribution in [-0.2, 0) is 9.59 Å². The SMILES string of the molecule is CC1(C(=O)O)CCN(CC(=O)Nc2sccc2C#N)C1. The smallest absolute Gasteiger partial charge is 0.310 e. The molecule has 1 saturated heterocycles. The van der Waals surface area contributed by atoms with Crippen molar-refractivity contribution >= 4 is 28.2 Å². The number of rotatable bonds is 4. The van der Waals surface area contributed by atoms with E-state index in [-0.39, 0.29) is 12.5 Å². The van der Waals surface area contributed by atoms with Crippen LogP contribution in [0.2, 0.25) is 0 Å². The zero-order valence-electron chi connectivity index (χ0n) is 11.0. The first-order chi connectivity index (χ1) is 9.44. The molecule has 1 amide bonds. The molecule has 1 aromatic heterocycles. The Morgan fingerprint density at radius 2 is 2.40 bits per heavy atom. The number of carbonyl (C=O) groups excluding carboxylic acids is 1. The number of aliphatic carboxylic acids is 1. The maximum atomic E-state index is 11.9. The molecule has 0 aliphatic carbocycles. The lowest BCUT2D eigenvalue weighted by Crippen LogP contribution is -2.35. The van der Waals surface area contributed by atoms with Crippen molar-refractivity contribution in [1.82, 2.24) is 4.90 Å². The Morgan fingerprint density at radius 3 is 3.00 bits per heavy atom. The molecule has 1 atom stereocenters. The highest BCUT2D eigenvalue weighted by Crippen LogP contribution is 2.30. The molecule has 2 N–H and O–H groups in total. The van der Waals surface area contributed by atoms with Crippen LogP contribution in [0.25, 0.3) is 0 Å². The predicted octanol–water partition coefficient (Wildman–Crippen LogP) is 1.35. The number of anilines is 1. The highest BCUT2D eigenvalue weighted by atomic mass is 32.1. The van der Waals surface area contributed by atoms with Crippen molar-refractivity contribution in [3.8, 4) is 6.07 Å². The van der Waals surface area contributed by atoms with E-state index in [2.05, 4.69) is 5.32 Å². The lowest BCUT2D eigenvalue weighted by Gasteiger charge is -2.19. The van der Waals surface area contributed by atoms with Crippen LogP contribution < -0.4 is 5.32 Å². The molecule has 0 spiro atoms. The van der Waals surface area contributed by atoms with E-state index in [0.717, 1.165) is 0 Å². The maximum absolute atomic E-state index is 11.9. The zero-order valence-corrected chi connectivity index (χ0v) is 11.9. The van der Waals surface area contributed by atoms with E-state index in [1.165, 1.54) is 11.3 Å². The van der Waals surface area contributed by atoms with Crippen molar-refractivity contribution in [2.24, 2.45) is 5.41 Å². The Kier molecular flexibility index (Phi) is 4.06. The molecular weight excluding hydrogens is 278 g/mol. The number of nitrogens with one attached hydrogen (secondary N) is 1. The van der Waals surface area contributed by atoms with Crippen molar-refractivity contribution in [3.05, 3.63) is 17.0 Å². The van der Waals surface area contributed by atoms with Crippen molar-refractivity contribution in [2.75, 3.05) is 25.0 Å². The minimum Gasteiger partial charge on any atom is -0.481 e. The molecule has 7 heteroatoms. The first kappa shape index (κ1) is 14.5. The molecule has 1 aromatic rings. The second-order valence-corrected chi connectivity index (χ2v) is 6.07. The Bertz CT molecular complexity index is 578. The van der Waals surface area contributed by atoms with E-state index in [0.29, 0.717) is 30.1 Å². The van der Waals surface area contributed by atoms with Crippen LogP contribution in [-0.4, -0.2) is 41.5 Å². The second-order valence-electron chi connectivity index (χ2n) is 5.15. The number of amides is 1. The Balaban J connectivity index is 1.91. The Labute approximate surface area is 120 Å². The van der Waals surface area contributed by atoms with Crippen molar-refractivity contribution < 1.29 is 14.7 Å². The summed E-state index contributed by atoms with van der Waals surface area (Å²) in [4.78, 5) is 24.9. The van der Waals surface area contributed by atoms with Gasteiger partial charge in [-0.2, -0.15) is 5.26 Å². The molecule has 1 unspecified atom stereocenters. The van der Waals surface area contributed by atoms with Crippen LogP contribution in [0.5, 0.6) is 0 Å². The molecule has 6 nitrogen and oxygen atoms in total. The van der Waals surface area contributed by atoms with E-state index >= 15 is 0 Å². The summed E-state index contributed by atoms with van der Waals surface area (Å²) in [6.07, 6.45) is 0.540. The Morgan fingerprint density at radius 1 is 1.65 bits per heavy atom. The predicted molar refractivity (Wildman–Crippen MR) is 74.5 cm³/mol. The van der Waals surface area contributed by atoms with Gasteiger partial charge in [-0.3, -0.25) is 14.5 Å². The fourth-order valence-corrected chi connectivity index (χ4v) is 2.98. The molecule has 1 fully saturated rings. The summed E-state index contributed by atoms with van der Waals surface area (Å²) >= 11 is 1.30. The molecule has 2 rings (SSSR count). The molecule has 1 aliphatic heterocycles. The van der Waals surface area contributed by atoms with Gasteiger partial charge in [0.25, 0.3) is 0 Å². The van der Waals surface area contributed by atoms with Crippen molar-refractivity contribution in [3.63, 3.8) is 0 Å². The number of hydrogen-bond donors (Lipinski definition) is 2. The molecule has 0 saturated carbocycles. The third-order valence-corrected chi connectivity index (χ3v) is 4.30. The molecule has 2 heterocycles. The van der Waals surface area contributed by atoms with E-state index < -0.39 is 11.4 Å². The standard InChI is InChI=1S/C13H15N3O3S/c1-13(12(18)19)3-4-16(8-13)7-10(17)15-11-9(6-14)2-5-20-11/h2,5H,3-4,7-8H2,1H3,(H,15,17)(H,18,19). The maximum Gasteiger partial charge on any atom is 0.310 e. The summed E-state index contributed by atoms with van der Waals surface area (Å²) in [7, 11) is 0. The summed E-state index contributed by atoms with van der Waals surface area (Å²) < 4.78 is 0. The molecular formula is C13H15N3O3S. The van der Waals surface area contributed by atoms with Gasteiger partial charge in [-0.1, -0.05) is 0 Å². The number of carboxylic acids is 1. The van der Waals surface area contributed by atoms with Crippen molar-refractivity contribution in [1.29, 1.82) is 5.26 Å². The van der Waals surface area contributed by atoms with Crippen LogP contribution in [0.1, 0.15) is 18.9 Å². The third-order valence-electron chi connectivity index (χ3n) is 3.47. The average molecular weight is 293 g/mol. The number of hydrogen-bond acceptors (Lipinski definition) is 5. The highest BCUT2D eigenvalue weighted by molar-refractivity contribution is 7.14. The van der Waals surface area contributed by atoms with Gasteiger partial charge < -0.3 is 10.4 Å². The second kappa shape index (κ2) is 5.61. The summed E-state index contributed by atoms with van der Waals surface area (Å²) in [6.45, 7) is 2.79. The summed E-state index contributed by atoms with van der Waals surface area (Å²) in [5, 5.41) is 23.0. The van der Waals surface area contributed by atoms with Gasteiger partial charge in [0.05, 0.1) is 17.5 Å². The first-order valence-corrected chi connectivity index (χ1v) is 7.06. The Hall–Kier alpha value is -1.91. The third kappa shape index (κ3) is 2.98. The van der Waals surface area contributed by atoms with Crippen LogP contribution in [0, 0.1) is 16.7 Å². The molecule has 1 aliphatic rings. The lowest BCUT2D eigenvalue weighted by molar-refractivity contribution is -0.147. The van der Waals surface area contributed by atoms with Gasteiger partial charge in [0, 0.05) is 6.54 Å². The summed E-state index contributed by atoms with van der Waals surface area (Å²) in [5.74, 6) is -1.05. The monoisotopic (exact) mass is 293 g/mol. The number of carbonyl (C=O) groups is 2. The van der Waals surface area contributed by atoms with E-state index in [4.69, 9.17) is 10.4 Å². The number of likely N-dealkylation sites (tertiary alicyclic amines) is 1. The summed E-state index contributed by atoms with van der Waals surface area (Å²) in [6, 6.07) is 3.66. The largest absolute Gasteiger partial charge is 0.481 e. The number of nitriles is 1. The number of carboxylic acid groups (broad SMARTS) is 1. The van der Waals surface area contributed by atoms with E-state index in [1.54, 1.807) is 18.4 Å². The molecule has 20 heavy (non-hydrogen) atoms. The quantitative estimate of drug-likeness (QED) is 0.874. The topological polar surface area (TPSA) is 93.4 Å². The number of nitrogens with zero attached hydrogens (tertiary/aromatic N) is 2. The minimum absolute atomic E-state index is 0.144. The molecule has 0 bridgehead atoms. The van der Waals surface area contributed by atoms with Gasteiger partial charge in [0.15, 0.2) is 0 Å². The van der Waals surface area contributed by atoms with Crippen molar-refractivity contribution in [2.45, 2.75) is 13.3 Å². The molecule has 0 radical (unpaired) electrons. The first-order valence-electron chi connectivity index (χ1n) is 6.18. The van der Waals surface area contributed by atoms with Gasteiger partial charge >= 0.3 is 5.97 Å². The average Bonchev–Trinajstić information content (AvgIpc) is 2.97. The normalized spacial score (nSPS) is 22.4. The highest BCUT2D eigenvalue weighted by Gasteiger charge is 2.40. The van der Waals surface area contributed by atoms with Crippen LogP contribution in [0.15, 0.2) is 11.4 Å². The lowest BCUT2D eigenvalue weighted by atomic mass is 9.90. The molecule has 0 aromatic carbocycles. The van der Waals surface area contributed by atoms with Crippen LogP contribution in [0.3, 0.4) is 0 Å². The van der Waals surface area contributed by atoms with Gasteiger partial charge in [0.1, 0.15) is 11.1 Å². The van der Waals surface area contributed by atoms with Gasteiger partial charge in [-0.05, 0) is 31.3 Å². The van der Waals surface area contributed by atoms with Crippen LogP contribution in [0.4, 0.5) is 5.00 Å². The van der Waals surface area contributed by atoms with Gasteiger partial charge in [-0.25, -0.2) is 0 Å². The molecule has 106 valence electrons. The fraction of sp³-hybridized carbons (Fsp3) is 0.462. The number of thiophene rings is 1. The minimum atomic E-state index is -0.828. The van der Waals surface area contributed by atoms with E-state index in [1.807, 2.05) is 11.0 Å². The van der Waals surface area contributed by atoms with Gasteiger partial charge in [-0.15, -0.1) is 11.3 Å². The van der Waals surface area contributed by atoms with Crippen LogP contribution >= 0.6 is 11.3 Å². The zero-order chi connectivity index (χ0) is 14.8.